The fraction of sp³-hybridized carbons (Fsp3) is 0.214. The minimum atomic E-state index is -1.29. The van der Waals surface area contributed by atoms with E-state index in [1.807, 2.05) is 0 Å². The summed E-state index contributed by atoms with van der Waals surface area (Å²) < 4.78 is 8.53. The molecule has 1 aromatic carbocycles. The van der Waals surface area contributed by atoms with E-state index in [1.54, 1.807) is 6.92 Å². The first-order valence-corrected chi connectivity index (χ1v) is 8.07. The summed E-state index contributed by atoms with van der Waals surface area (Å²) in [5.74, 6) is -3.43. The monoisotopic (exact) mass is 377 g/mol. The molecule has 11 nitrogen and oxygen atoms in total. The number of benzene rings is 1. The largest absolute Gasteiger partial charge is 0.465 e. The number of esters is 1. The average Bonchev–Trinajstić information content (AvgIpc) is 3.20. The second-order valence-electron chi connectivity index (χ2n) is 5.09. The van der Waals surface area contributed by atoms with Crippen molar-refractivity contribution in [1.29, 1.82) is 0 Å². The van der Waals surface area contributed by atoms with E-state index in [0.29, 0.717) is 0 Å². The molecular weight excluding hydrogens is 366 g/mol. The van der Waals surface area contributed by atoms with E-state index in [4.69, 9.17) is 4.74 Å². The van der Waals surface area contributed by atoms with Crippen molar-refractivity contribution in [1.82, 2.24) is 9.36 Å². The van der Waals surface area contributed by atoms with E-state index in [1.165, 1.54) is 12.4 Å². The predicted octanol–water partition coefficient (Wildman–Crippen LogP) is 1.30. The van der Waals surface area contributed by atoms with Gasteiger partial charge in [-0.25, -0.2) is 4.98 Å². The number of anilines is 2. The molecule has 2 amide bonds. The van der Waals surface area contributed by atoms with Crippen molar-refractivity contribution in [2.45, 2.75) is 12.8 Å². The SMILES string of the molecule is CCOC(=O)C1C(=O)Nc2cc(NC(=O)c3ncns3)c([N+](=O)[O-])cc21. The van der Waals surface area contributed by atoms with Gasteiger partial charge in [-0.15, -0.1) is 0 Å². The summed E-state index contributed by atoms with van der Waals surface area (Å²) in [6.07, 6.45) is 1.18. The van der Waals surface area contributed by atoms with Crippen molar-refractivity contribution in [3.05, 3.63) is 39.1 Å². The van der Waals surface area contributed by atoms with Gasteiger partial charge in [-0.1, -0.05) is 0 Å². The number of amides is 2. The molecule has 0 saturated carbocycles. The minimum Gasteiger partial charge on any atom is -0.465 e. The van der Waals surface area contributed by atoms with Gasteiger partial charge in [0, 0.05) is 17.3 Å². The van der Waals surface area contributed by atoms with Crippen molar-refractivity contribution in [2.75, 3.05) is 17.2 Å². The predicted molar refractivity (Wildman–Crippen MR) is 89.0 cm³/mol. The molecule has 1 atom stereocenters. The number of carbonyl (C=O) groups is 3. The molecule has 0 bridgehead atoms. The van der Waals surface area contributed by atoms with Crippen LogP contribution in [0.1, 0.15) is 28.2 Å². The number of rotatable bonds is 5. The zero-order chi connectivity index (χ0) is 18.8. The Morgan fingerprint density at radius 2 is 2.23 bits per heavy atom. The summed E-state index contributed by atoms with van der Waals surface area (Å²) in [7, 11) is 0. The van der Waals surface area contributed by atoms with Crippen LogP contribution in [0.4, 0.5) is 17.1 Å². The molecule has 0 spiro atoms. The molecule has 0 radical (unpaired) electrons. The van der Waals surface area contributed by atoms with Crippen LogP contribution in [0.5, 0.6) is 0 Å². The average molecular weight is 377 g/mol. The van der Waals surface area contributed by atoms with Gasteiger partial charge in [-0.2, -0.15) is 4.37 Å². The third-order valence-corrected chi connectivity index (χ3v) is 4.19. The number of hydrogen-bond donors (Lipinski definition) is 2. The Morgan fingerprint density at radius 1 is 1.46 bits per heavy atom. The highest BCUT2D eigenvalue weighted by Gasteiger charge is 2.40. The molecule has 1 aliphatic heterocycles. The lowest BCUT2D eigenvalue weighted by molar-refractivity contribution is -0.384. The Morgan fingerprint density at radius 3 is 2.85 bits per heavy atom. The first kappa shape index (κ1) is 17.4. The summed E-state index contributed by atoms with van der Waals surface area (Å²) in [4.78, 5) is 50.5. The zero-order valence-corrected chi connectivity index (χ0v) is 14.0. The second kappa shape index (κ2) is 6.84. The Bertz CT molecular complexity index is 913. The number of nitro benzene ring substituents is 1. The smallest absolute Gasteiger partial charge is 0.323 e. The third-order valence-electron chi connectivity index (χ3n) is 3.52. The van der Waals surface area contributed by atoms with Crippen LogP contribution in [0.3, 0.4) is 0 Å². The van der Waals surface area contributed by atoms with Crippen molar-refractivity contribution in [3.63, 3.8) is 0 Å². The van der Waals surface area contributed by atoms with Crippen LogP contribution < -0.4 is 10.6 Å². The molecule has 1 unspecified atom stereocenters. The van der Waals surface area contributed by atoms with Gasteiger partial charge >= 0.3 is 5.97 Å². The van der Waals surface area contributed by atoms with Crippen LogP contribution in [0.15, 0.2) is 18.5 Å². The van der Waals surface area contributed by atoms with Gasteiger partial charge in [0.05, 0.1) is 11.5 Å². The number of fused-ring (bicyclic) bond motifs is 1. The zero-order valence-electron chi connectivity index (χ0n) is 13.2. The van der Waals surface area contributed by atoms with Crippen LogP contribution in [0, 0.1) is 10.1 Å². The van der Waals surface area contributed by atoms with Gasteiger partial charge in [-0.05, 0) is 24.5 Å². The van der Waals surface area contributed by atoms with Gasteiger partial charge in [0.25, 0.3) is 11.6 Å². The fourth-order valence-corrected chi connectivity index (χ4v) is 2.88. The molecule has 134 valence electrons. The standard InChI is InChI=1S/C14H11N5O6S/c1-2-25-14(22)10-6-3-9(19(23)24)8(4-7(6)17-11(10)20)18-12(21)13-15-5-16-26-13/h3-5,10H,2H2,1H3,(H,17,20)(H,18,21). The Hall–Kier alpha value is -3.41. The lowest BCUT2D eigenvalue weighted by atomic mass is 9.99. The fourth-order valence-electron chi connectivity index (χ4n) is 2.46. The molecule has 0 fully saturated rings. The number of aromatic nitrogens is 2. The molecule has 26 heavy (non-hydrogen) atoms. The highest BCUT2D eigenvalue weighted by molar-refractivity contribution is 7.07. The Labute approximate surface area is 149 Å². The summed E-state index contributed by atoms with van der Waals surface area (Å²) in [5, 5.41) is 16.2. The van der Waals surface area contributed by atoms with Crippen molar-refractivity contribution < 1.29 is 24.0 Å². The number of nitro groups is 1. The van der Waals surface area contributed by atoms with Crippen molar-refractivity contribution in [3.8, 4) is 0 Å². The number of hydrogen-bond acceptors (Lipinski definition) is 9. The van der Waals surface area contributed by atoms with E-state index < -0.39 is 34.3 Å². The summed E-state index contributed by atoms with van der Waals surface area (Å²) >= 11 is 0.826. The van der Waals surface area contributed by atoms with E-state index in [9.17, 15) is 24.5 Å². The molecule has 2 N–H and O–H groups in total. The summed E-state index contributed by atoms with van der Waals surface area (Å²) in [5.41, 5.74) is -0.300. The quantitative estimate of drug-likeness (QED) is 0.342. The van der Waals surface area contributed by atoms with Gasteiger partial charge < -0.3 is 15.4 Å². The van der Waals surface area contributed by atoms with Gasteiger partial charge in [0.15, 0.2) is 5.92 Å². The normalized spacial score (nSPS) is 15.1. The molecule has 0 aliphatic carbocycles. The maximum Gasteiger partial charge on any atom is 0.323 e. The molecule has 0 saturated heterocycles. The summed E-state index contributed by atoms with van der Waals surface area (Å²) in [6.45, 7) is 1.65. The number of nitrogens with zero attached hydrogens (tertiary/aromatic N) is 3. The molecule has 3 rings (SSSR count). The van der Waals surface area contributed by atoms with Crippen LogP contribution >= 0.6 is 11.5 Å². The molecule has 1 aromatic heterocycles. The van der Waals surface area contributed by atoms with E-state index in [0.717, 1.165) is 17.6 Å². The van der Waals surface area contributed by atoms with Crippen LogP contribution in [-0.4, -0.2) is 38.7 Å². The van der Waals surface area contributed by atoms with Crippen LogP contribution in [-0.2, 0) is 14.3 Å². The molecule has 2 aromatic rings. The maximum atomic E-state index is 12.1. The number of ether oxygens (including phenoxy) is 1. The molecule has 12 heteroatoms. The lowest BCUT2D eigenvalue weighted by Crippen LogP contribution is -2.23. The van der Waals surface area contributed by atoms with Gasteiger partial charge in [0.2, 0.25) is 10.9 Å². The van der Waals surface area contributed by atoms with E-state index >= 15 is 0 Å². The number of carbonyl (C=O) groups excluding carboxylic acids is 3. The highest BCUT2D eigenvalue weighted by atomic mass is 32.1. The summed E-state index contributed by atoms with van der Waals surface area (Å²) in [6, 6.07) is 2.30. The Kier molecular flexibility index (Phi) is 4.58. The lowest BCUT2D eigenvalue weighted by Gasteiger charge is -2.09. The van der Waals surface area contributed by atoms with E-state index in [-0.39, 0.29) is 28.6 Å². The highest BCUT2D eigenvalue weighted by Crippen LogP contribution is 2.40. The molecular formula is C14H11N5O6S. The first-order valence-electron chi connectivity index (χ1n) is 7.30. The third kappa shape index (κ3) is 3.09. The topological polar surface area (TPSA) is 153 Å². The minimum absolute atomic E-state index is 0.0215. The van der Waals surface area contributed by atoms with Crippen molar-refractivity contribution >= 4 is 46.4 Å². The molecule has 1 aliphatic rings. The van der Waals surface area contributed by atoms with Crippen molar-refractivity contribution in [2.24, 2.45) is 0 Å². The van der Waals surface area contributed by atoms with E-state index in [2.05, 4.69) is 20.0 Å². The van der Waals surface area contributed by atoms with Gasteiger partial charge in [-0.3, -0.25) is 24.5 Å². The van der Waals surface area contributed by atoms with Crippen LogP contribution in [0.25, 0.3) is 0 Å². The maximum absolute atomic E-state index is 12.1. The number of nitrogens with one attached hydrogen (secondary N) is 2. The van der Waals surface area contributed by atoms with Crippen LogP contribution in [0.2, 0.25) is 0 Å². The van der Waals surface area contributed by atoms with Gasteiger partial charge in [0.1, 0.15) is 12.0 Å². The first-order chi connectivity index (χ1) is 12.4. The Balaban J connectivity index is 2.00. The molecule has 2 heterocycles. The second-order valence-corrected chi connectivity index (χ2v) is 5.87.